The number of halogens is 1. The molecule has 0 spiro atoms. The Morgan fingerprint density at radius 2 is 2.18 bits per heavy atom. The van der Waals surface area contributed by atoms with Crippen molar-refractivity contribution in [3.8, 4) is 5.75 Å². The predicted molar refractivity (Wildman–Crippen MR) is 63.0 cm³/mol. The molecule has 0 saturated heterocycles. The van der Waals surface area contributed by atoms with Gasteiger partial charge in [-0.2, -0.15) is 0 Å². The second kappa shape index (κ2) is 3.71. The summed E-state index contributed by atoms with van der Waals surface area (Å²) in [6.07, 6.45) is 1.36. The Labute approximate surface area is 107 Å². The summed E-state index contributed by atoms with van der Waals surface area (Å²) in [4.78, 5) is 11.4. The van der Waals surface area contributed by atoms with Gasteiger partial charge in [0, 0.05) is 10.0 Å². The number of aliphatic carboxylic acids is 1. The largest absolute Gasteiger partial charge is 0.481 e. The lowest BCUT2D eigenvalue weighted by Gasteiger charge is -2.24. The predicted octanol–water partition coefficient (Wildman–Crippen LogP) is 2.43. The molecule has 0 unspecified atom stereocenters. The van der Waals surface area contributed by atoms with Crippen LogP contribution in [0, 0.1) is 0 Å². The molecule has 0 amide bonds. The maximum Gasteiger partial charge on any atom is 0.314 e. The molecule has 0 aromatic heterocycles. The Balaban J connectivity index is 2.18. The van der Waals surface area contributed by atoms with Crippen LogP contribution in [0.2, 0.25) is 0 Å². The van der Waals surface area contributed by atoms with Crippen molar-refractivity contribution in [3.63, 3.8) is 0 Å². The van der Waals surface area contributed by atoms with Crippen LogP contribution in [0.4, 0.5) is 0 Å². The standard InChI is InChI=1S/C12H11BrO4/c13-8-1-2-9-7(5-16-6-17-9)10(8)12(3-4-12)11(14)15/h1-2H,3-6H2,(H,14,15). The molecule has 5 heteroatoms. The van der Waals surface area contributed by atoms with E-state index in [0.717, 1.165) is 21.3 Å². The normalized spacial score (nSPS) is 20.3. The van der Waals surface area contributed by atoms with Crippen molar-refractivity contribution in [3.05, 3.63) is 27.7 Å². The van der Waals surface area contributed by atoms with Gasteiger partial charge in [0.15, 0.2) is 6.79 Å². The molecule has 90 valence electrons. The number of hydrogen-bond acceptors (Lipinski definition) is 3. The Kier molecular flexibility index (Phi) is 2.41. The molecule has 0 atom stereocenters. The Hall–Kier alpha value is -1.07. The minimum absolute atomic E-state index is 0.230. The summed E-state index contributed by atoms with van der Waals surface area (Å²) in [5.74, 6) is -0.0286. The highest BCUT2D eigenvalue weighted by Gasteiger charge is 2.54. The van der Waals surface area contributed by atoms with E-state index >= 15 is 0 Å². The van der Waals surface area contributed by atoms with Gasteiger partial charge in [0.25, 0.3) is 0 Å². The summed E-state index contributed by atoms with van der Waals surface area (Å²) >= 11 is 3.45. The molecule has 2 aliphatic rings. The van der Waals surface area contributed by atoms with Crippen LogP contribution >= 0.6 is 15.9 Å². The average molecular weight is 299 g/mol. The highest BCUT2D eigenvalue weighted by molar-refractivity contribution is 9.10. The Morgan fingerprint density at radius 3 is 2.82 bits per heavy atom. The number of carboxylic acid groups (broad SMARTS) is 1. The number of fused-ring (bicyclic) bond motifs is 1. The van der Waals surface area contributed by atoms with E-state index in [1.54, 1.807) is 0 Å². The average Bonchev–Trinajstić information content (AvgIpc) is 3.10. The third kappa shape index (κ3) is 1.57. The molecule has 1 saturated carbocycles. The molecule has 1 aliphatic heterocycles. The smallest absolute Gasteiger partial charge is 0.314 e. The number of ether oxygens (including phenoxy) is 2. The highest BCUT2D eigenvalue weighted by atomic mass is 79.9. The first-order valence-corrected chi connectivity index (χ1v) is 6.20. The lowest BCUT2D eigenvalue weighted by Crippen LogP contribution is -2.24. The fourth-order valence-electron chi connectivity index (χ4n) is 2.34. The van der Waals surface area contributed by atoms with Gasteiger partial charge in [0.1, 0.15) is 5.75 Å². The third-order valence-corrected chi connectivity index (χ3v) is 4.06. The van der Waals surface area contributed by atoms with E-state index in [0.29, 0.717) is 19.4 Å². The van der Waals surface area contributed by atoms with E-state index < -0.39 is 11.4 Å². The fraction of sp³-hybridized carbons (Fsp3) is 0.417. The van der Waals surface area contributed by atoms with Crippen molar-refractivity contribution >= 4 is 21.9 Å². The molecular weight excluding hydrogens is 288 g/mol. The molecular formula is C12H11BrO4. The summed E-state index contributed by atoms with van der Waals surface area (Å²) in [6.45, 7) is 0.646. The fourth-order valence-corrected chi connectivity index (χ4v) is 3.09. The van der Waals surface area contributed by atoms with Gasteiger partial charge < -0.3 is 14.6 Å². The zero-order chi connectivity index (χ0) is 12.0. The third-order valence-electron chi connectivity index (χ3n) is 3.40. The molecule has 4 nitrogen and oxygen atoms in total. The van der Waals surface area contributed by atoms with Crippen molar-refractivity contribution in [2.45, 2.75) is 24.9 Å². The molecule has 0 bridgehead atoms. The van der Waals surface area contributed by atoms with Crippen LogP contribution in [0.5, 0.6) is 5.75 Å². The van der Waals surface area contributed by atoms with Crippen LogP contribution in [0.25, 0.3) is 0 Å². The zero-order valence-corrected chi connectivity index (χ0v) is 10.6. The molecule has 1 aromatic carbocycles. The molecule has 1 fully saturated rings. The van der Waals surface area contributed by atoms with Gasteiger partial charge in [-0.25, -0.2) is 0 Å². The van der Waals surface area contributed by atoms with Crippen LogP contribution in [0.15, 0.2) is 16.6 Å². The summed E-state index contributed by atoms with van der Waals surface area (Å²) < 4.78 is 11.5. The van der Waals surface area contributed by atoms with Crippen LogP contribution in [-0.2, 0) is 21.6 Å². The van der Waals surface area contributed by atoms with Gasteiger partial charge in [-0.1, -0.05) is 15.9 Å². The maximum absolute atomic E-state index is 11.4. The Morgan fingerprint density at radius 1 is 1.41 bits per heavy atom. The quantitative estimate of drug-likeness (QED) is 0.911. The first-order chi connectivity index (χ1) is 8.15. The first kappa shape index (κ1) is 11.0. The van der Waals surface area contributed by atoms with E-state index in [2.05, 4.69) is 15.9 Å². The highest BCUT2D eigenvalue weighted by Crippen LogP contribution is 2.53. The second-order valence-electron chi connectivity index (χ2n) is 4.40. The minimum Gasteiger partial charge on any atom is -0.481 e. The lowest BCUT2D eigenvalue weighted by atomic mass is 9.91. The van der Waals surface area contributed by atoms with E-state index in [1.807, 2.05) is 12.1 Å². The van der Waals surface area contributed by atoms with Crippen molar-refractivity contribution in [2.24, 2.45) is 0 Å². The molecule has 1 aromatic rings. The van der Waals surface area contributed by atoms with Crippen LogP contribution < -0.4 is 4.74 Å². The maximum atomic E-state index is 11.4. The summed E-state index contributed by atoms with van der Waals surface area (Å²) in [5.41, 5.74) is 0.946. The number of carboxylic acids is 1. The van der Waals surface area contributed by atoms with Gasteiger partial charge >= 0.3 is 5.97 Å². The number of hydrogen-bond donors (Lipinski definition) is 1. The van der Waals surface area contributed by atoms with Crippen molar-refractivity contribution in [1.29, 1.82) is 0 Å². The number of carbonyl (C=O) groups is 1. The zero-order valence-electron chi connectivity index (χ0n) is 9.03. The molecule has 1 heterocycles. The SMILES string of the molecule is O=C(O)C1(c2c(Br)ccc3c2COCO3)CC1. The van der Waals surface area contributed by atoms with E-state index in [1.165, 1.54) is 0 Å². The molecule has 0 radical (unpaired) electrons. The van der Waals surface area contributed by atoms with Crippen molar-refractivity contribution < 1.29 is 19.4 Å². The Bertz CT molecular complexity index is 494. The molecule has 3 rings (SSSR count). The van der Waals surface area contributed by atoms with Crippen LogP contribution in [0.1, 0.15) is 24.0 Å². The van der Waals surface area contributed by atoms with Crippen molar-refractivity contribution in [1.82, 2.24) is 0 Å². The van der Waals surface area contributed by atoms with Gasteiger partial charge in [-0.05, 0) is 30.5 Å². The number of rotatable bonds is 2. The molecule has 17 heavy (non-hydrogen) atoms. The van der Waals surface area contributed by atoms with Gasteiger partial charge in [-0.3, -0.25) is 4.79 Å². The van der Waals surface area contributed by atoms with Crippen LogP contribution in [0.3, 0.4) is 0 Å². The monoisotopic (exact) mass is 298 g/mol. The van der Waals surface area contributed by atoms with Gasteiger partial charge in [-0.15, -0.1) is 0 Å². The molecule has 1 aliphatic carbocycles. The number of benzene rings is 1. The van der Waals surface area contributed by atoms with Crippen LogP contribution in [-0.4, -0.2) is 17.9 Å². The van der Waals surface area contributed by atoms with Crippen molar-refractivity contribution in [2.75, 3.05) is 6.79 Å². The van der Waals surface area contributed by atoms with E-state index in [9.17, 15) is 9.90 Å². The van der Waals surface area contributed by atoms with Gasteiger partial charge in [0.05, 0.1) is 12.0 Å². The summed E-state index contributed by atoms with van der Waals surface area (Å²) in [6, 6.07) is 3.70. The first-order valence-electron chi connectivity index (χ1n) is 5.41. The van der Waals surface area contributed by atoms with E-state index in [4.69, 9.17) is 9.47 Å². The summed E-state index contributed by atoms with van der Waals surface area (Å²) in [5, 5.41) is 9.38. The topological polar surface area (TPSA) is 55.8 Å². The lowest BCUT2D eigenvalue weighted by molar-refractivity contribution is -0.140. The second-order valence-corrected chi connectivity index (χ2v) is 5.25. The van der Waals surface area contributed by atoms with Gasteiger partial charge in [0.2, 0.25) is 0 Å². The van der Waals surface area contributed by atoms with E-state index in [-0.39, 0.29) is 6.79 Å². The minimum atomic E-state index is -0.767. The summed E-state index contributed by atoms with van der Waals surface area (Å²) in [7, 11) is 0. The molecule has 1 N–H and O–H groups in total.